The lowest BCUT2D eigenvalue weighted by Gasteiger charge is -2.10. The van der Waals surface area contributed by atoms with Gasteiger partial charge in [0.2, 0.25) is 0 Å². The molecule has 2 aromatic carbocycles. The molecule has 2 rings (SSSR count). The molecule has 5 nitrogen and oxygen atoms in total. The summed E-state index contributed by atoms with van der Waals surface area (Å²) in [5, 5.41) is 10.7. The highest BCUT2D eigenvalue weighted by Gasteiger charge is 2.13. The van der Waals surface area contributed by atoms with E-state index in [1.807, 2.05) is 0 Å². The van der Waals surface area contributed by atoms with Crippen LogP contribution in [0.4, 0.5) is 5.69 Å². The second-order valence-corrected chi connectivity index (χ2v) is 6.55. The molecule has 1 N–H and O–H groups in total. The number of nitrogens with one attached hydrogen (secondary N) is 1. The molecule has 2 aromatic rings. The minimum atomic E-state index is -3.69. The van der Waals surface area contributed by atoms with Gasteiger partial charge in [-0.15, -0.1) is 0 Å². The molecular formula is C16H16NO4S-. The number of carbonyl (C=O) groups excluding carboxylic acids is 1. The van der Waals surface area contributed by atoms with Crippen molar-refractivity contribution in [2.75, 3.05) is 4.72 Å². The van der Waals surface area contributed by atoms with Gasteiger partial charge < -0.3 is 9.90 Å². The Morgan fingerprint density at radius 3 is 2.14 bits per heavy atom. The fraction of sp³-hybridized carbons (Fsp3) is 0.188. The van der Waals surface area contributed by atoms with Gasteiger partial charge in [-0.25, -0.2) is 8.42 Å². The van der Waals surface area contributed by atoms with E-state index in [1.54, 1.807) is 24.3 Å². The number of carbonyl (C=O) groups is 1. The maximum Gasteiger partial charge on any atom is 0.261 e. The van der Waals surface area contributed by atoms with Gasteiger partial charge >= 0.3 is 0 Å². The van der Waals surface area contributed by atoms with Crippen LogP contribution in [-0.2, 0) is 16.4 Å². The fourth-order valence-corrected chi connectivity index (χ4v) is 3.07. The van der Waals surface area contributed by atoms with Crippen molar-refractivity contribution >= 4 is 21.7 Å². The Bertz CT molecular complexity index is 750. The lowest BCUT2D eigenvalue weighted by Crippen LogP contribution is -2.22. The topological polar surface area (TPSA) is 86.3 Å². The summed E-state index contributed by atoms with van der Waals surface area (Å²) in [4.78, 5) is 10.8. The monoisotopic (exact) mass is 318 g/mol. The van der Waals surface area contributed by atoms with Crippen molar-refractivity contribution in [3.63, 3.8) is 0 Å². The minimum Gasteiger partial charge on any atom is -0.545 e. The van der Waals surface area contributed by atoms with Crippen LogP contribution < -0.4 is 9.83 Å². The predicted octanol–water partition coefficient (Wildman–Crippen LogP) is 1.80. The molecule has 0 aliphatic heterocycles. The molecule has 0 unspecified atom stereocenters. The molecular weight excluding hydrogens is 302 g/mol. The van der Waals surface area contributed by atoms with Crippen molar-refractivity contribution in [2.24, 2.45) is 0 Å². The van der Waals surface area contributed by atoms with E-state index in [-0.39, 0.29) is 10.5 Å². The molecule has 6 heteroatoms. The molecule has 0 spiro atoms. The van der Waals surface area contributed by atoms with Crippen LogP contribution in [0.1, 0.15) is 29.3 Å². The third kappa shape index (κ3) is 3.85. The predicted molar refractivity (Wildman–Crippen MR) is 82.0 cm³/mol. The molecule has 0 bridgehead atoms. The van der Waals surface area contributed by atoms with Crippen molar-refractivity contribution in [1.29, 1.82) is 0 Å². The zero-order chi connectivity index (χ0) is 16.2. The van der Waals surface area contributed by atoms with E-state index in [9.17, 15) is 18.3 Å². The van der Waals surface area contributed by atoms with E-state index in [1.165, 1.54) is 24.3 Å². The zero-order valence-corrected chi connectivity index (χ0v) is 12.9. The summed E-state index contributed by atoms with van der Waals surface area (Å²) in [6.45, 7) is 2.06. The third-order valence-corrected chi connectivity index (χ3v) is 4.54. The van der Waals surface area contributed by atoms with E-state index in [0.717, 1.165) is 18.4 Å². The highest BCUT2D eigenvalue weighted by atomic mass is 32.2. The zero-order valence-electron chi connectivity index (χ0n) is 12.1. The standard InChI is InChI=1S/C16H17NO4S/c1-2-3-12-4-10-15(11-5-12)22(20,21)17-14-8-6-13(7-9-14)16(18)19/h4-11,17H,2-3H2,1H3,(H,18,19)/p-1. The van der Waals surface area contributed by atoms with Crippen molar-refractivity contribution in [2.45, 2.75) is 24.7 Å². The van der Waals surface area contributed by atoms with Gasteiger partial charge in [-0.05, 0) is 41.8 Å². The molecule has 22 heavy (non-hydrogen) atoms. The Balaban J connectivity index is 2.18. The number of rotatable bonds is 6. The first-order chi connectivity index (χ1) is 10.4. The lowest BCUT2D eigenvalue weighted by atomic mass is 10.1. The fourth-order valence-electron chi connectivity index (χ4n) is 2.01. The number of carboxylic acid groups (broad SMARTS) is 1. The van der Waals surface area contributed by atoms with Gasteiger partial charge in [0.25, 0.3) is 10.0 Å². The van der Waals surface area contributed by atoms with Crippen LogP contribution in [0.5, 0.6) is 0 Å². The minimum absolute atomic E-state index is 0.00753. The Morgan fingerprint density at radius 1 is 1.05 bits per heavy atom. The Kier molecular flexibility index (Phi) is 4.82. The molecule has 116 valence electrons. The van der Waals surface area contributed by atoms with Gasteiger partial charge in [0.15, 0.2) is 0 Å². The summed E-state index contributed by atoms with van der Waals surface area (Å²) < 4.78 is 26.9. The highest BCUT2D eigenvalue weighted by molar-refractivity contribution is 7.92. The summed E-state index contributed by atoms with van der Waals surface area (Å²) in [5.74, 6) is -1.30. The SMILES string of the molecule is CCCc1ccc(S(=O)(=O)Nc2ccc(C(=O)[O-])cc2)cc1. The van der Waals surface area contributed by atoms with E-state index in [0.29, 0.717) is 5.69 Å². The average molecular weight is 318 g/mol. The van der Waals surface area contributed by atoms with Gasteiger partial charge in [0, 0.05) is 5.69 Å². The molecule has 0 fully saturated rings. The normalized spacial score (nSPS) is 11.1. The van der Waals surface area contributed by atoms with Crippen LogP contribution >= 0.6 is 0 Å². The van der Waals surface area contributed by atoms with Crippen molar-refractivity contribution in [1.82, 2.24) is 0 Å². The van der Waals surface area contributed by atoms with Crippen LogP contribution in [0, 0.1) is 0 Å². The molecule has 0 saturated heterocycles. The van der Waals surface area contributed by atoms with Crippen LogP contribution in [0.15, 0.2) is 53.4 Å². The number of sulfonamides is 1. The summed E-state index contributed by atoms with van der Waals surface area (Å²) in [6.07, 6.45) is 1.90. The van der Waals surface area contributed by atoms with E-state index < -0.39 is 16.0 Å². The van der Waals surface area contributed by atoms with Crippen LogP contribution in [0.25, 0.3) is 0 Å². The van der Waals surface area contributed by atoms with Gasteiger partial charge in [0.1, 0.15) is 0 Å². The number of carboxylic acids is 1. The number of aromatic carboxylic acids is 1. The van der Waals surface area contributed by atoms with Crippen LogP contribution in [-0.4, -0.2) is 14.4 Å². The number of anilines is 1. The molecule has 0 saturated carbocycles. The first-order valence-electron chi connectivity index (χ1n) is 6.85. The summed E-state index contributed by atoms with van der Waals surface area (Å²) in [6, 6.07) is 12.0. The molecule has 0 aliphatic carbocycles. The molecule has 0 amide bonds. The van der Waals surface area contributed by atoms with Gasteiger partial charge in [-0.2, -0.15) is 0 Å². The van der Waals surface area contributed by atoms with Crippen molar-refractivity contribution < 1.29 is 18.3 Å². The first kappa shape index (κ1) is 16.0. The van der Waals surface area contributed by atoms with E-state index >= 15 is 0 Å². The number of aryl methyl sites for hydroxylation is 1. The number of hydrogen-bond acceptors (Lipinski definition) is 4. The Hall–Kier alpha value is -2.34. The highest BCUT2D eigenvalue weighted by Crippen LogP contribution is 2.17. The van der Waals surface area contributed by atoms with Crippen molar-refractivity contribution in [3.8, 4) is 0 Å². The molecule has 0 aliphatic rings. The summed E-state index contributed by atoms with van der Waals surface area (Å²) in [5.41, 5.74) is 1.37. The molecule has 0 atom stereocenters. The Labute approximate surface area is 129 Å². The second kappa shape index (κ2) is 6.62. The van der Waals surface area contributed by atoms with E-state index in [2.05, 4.69) is 11.6 Å². The first-order valence-corrected chi connectivity index (χ1v) is 8.34. The largest absolute Gasteiger partial charge is 0.545 e. The lowest BCUT2D eigenvalue weighted by molar-refractivity contribution is -0.255. The smallest absolute Gasteiger partial charge is 0.261 e. The molecule has 0 heterocycles. The molecule has 0 radical (unpaired) electrons. The third-order valence-electron chi connectivity index (χ3n) is 3.15. The van der Waals surface area contributed by atoms with Gasteiger partial charge in [-0.3, -0.25) is 4.72 Å². The number of hydrogen-bond donors (Lipinski definition) is 1. The number of benzene rings is 2. The van der Waals surface area contributed by atoms with Crippen LogP contribution in [0.2, 0.25) is 0 Å². The average Bonchev–Trinajstić information content (AvgIpc) is 2.48. The summed E-state index contributed by atoms with van der Waals surface area (Å²) >= 11 is 0. The van der Waals surface area contributed by atoms with Gasteiger partial charge in [-0.1, -0.05) is 37.6 Å². The maximum atomic E-state index is 12.2. The van der Waals surface area contributed by atoms with Crippen molar-refractivity contribution in [3.05, 3.63) is 59.7 Å². The van der Waals surface area contributed by atoms with E-state index in [4.69, 9.17) is 0 Å². The Morgan fingerprint density at radius 2 is 1.64 bits per heavy atom. The molecule has 0 aromatic heterocycles. The quantitative estimate of drug-likeness (QED) is 0.880. The maximum absolute atomic E-state index is 12.2. The summed E-state index contributed by atoms with van der Waals surface area (Å²) in [7, 11) is -3.69. The van der Waals surface area contributed by atoms with Gasteiger partial charge in [0.05, 0.1) is 10.9 Å². The van der Waals surface area contributed by atoms with Crippen LogP contribution in [0.3, 0.4) is 0 Å². The second-order valence-electron chi connectivity index (χ2n) is 4.86.